The molecule has 3 N–H and O–H groups in total. The summed E-state index contributed by atoms with van der Waals surface area (Å²) >= 11 is 0. The molecular weight excluding hydrogens is 334 g/mol. The molecule has 1 aromatic carbocycles. The fourth-order valence-electron chi connectivity index (χ4n) is 2.48. The van der Waals surface area contributed by atoms with Gasteiger partial charge in [-0.1, -0.05) is 30.3 Å². The highest BCUT2D eigenvalue weighted by Crippen LogP contribution is 2.12. The third-order valence-corrected chi connectivity index (χ3v) is 3.88. The van der Waals surface area contributed by atoms with Crippen molar-refractivity contribution in [2.24, 2.45) is 0 Å². The van der Waals surface area contributed by atoms with Crippen molar-refractivity contribution in [3.05, 3.63) is 64.6 Å². The molecule has 0 aliphatic heterocycles. The maximum Gasteiger partial charge on any atom is 0.319 e. The first-order valence-electron chi connectivity index (χ1n) is 8.31. The lowest BCUT2D eigenvalue weighted by molar-refractivity contribution is -0.137. The van der Waals surface area contributed by atoms with E-state index in [9.17, 15) is 14.4 Å². The summed E-state index contributed by atoms with van der Waals surface area (Å²) in [4.78, 5) is 35.4. The van der Waals surface area contributed by atoms with E-state index in [1.807, 2.05) is 30.3 Å². The second-order valence-electron chi connectivity index (χ2n) is 6.70. The average Bonchev–Trinajstić information content (AvgIpc) is 2.57. The minimum absolute atomic E-state index is 0.0531. The van der Waals surface area contributed by atoms with Crippen molar-refractivity contribution in [3.63, 3.8) is 0 Å². The Morgan fingerprint density at radius 2 is 1.81 bits per heavy atom. The Kier molecular flexibility index (Phi) is 6.16. The highest BCUT2D eigenvalue weighted by Gasteiger charge is 2.22. The average molecular weight is 357 g/mol. The molecule has 0 aliphatic rings. The fourth-order valence-corrected chi connectivity index (χ4v) is 2.48. The predicted octanol–water partition coefficient (Wildman–Crippen LogP) is 2.66. The van der Waals surface area contributed by atoms with Crippen molar-refractivity contribution < 1.29 is 14.7 Å². The summed E-state index contributed by atoms with van der Waals surface area (Å²) in [7, 11) is 0. The first-order chi connectivity index (χ1) is 12.3. The quantitative estimate of drug-likeness (QED) is 0.709. The third-order valence-electron chi connectivity index (χ3n) is 3.88. The number of amides is 2. The number of carbonyl (C=O) groups is 2. The first kappa shape index (κ1) is 19.2. The summed E-state index contributed by atoms with van der Waals surface area (Å²) in [6.45, 7) is 3.86. The smallest absolute Gasteiger partial charge is 0.319 e. The maximum atomic E-state index is 12.5. The zero-order valence-electron chi connectivity index (χ0n) is 14.9. The summed E-state index contributed by atoms with van der Waals surface area (Å²) in [5, 5.41) is 14.0. The van der Waals surface area contributed by atoms with Gasteiger partial charge in [-0.3, -0.25) is 9.59 Å². The Morgan fingerprint density at radius 3 is 2.46 bits per heavy atom. The van der Waals surface area contributed by atoms with Gasteiger partial charge < -0.3 is 20.3 Å². The maximum absolute atomic E-state index is 12.5. The number of urea groups is 1. The zero-order chi connectivity index (χ0) is 19.2. The summed E-state index contributed by atoms with van der Waals surface area (Å²) in [6.07, 6.45) is 1.89. The van der Waals surface area contributed by atoms with Gasteiger partial charge in [0.1, 0.15) is 5.69 Å². The molecular formula is C19H23N3O4. The van der Waals surface area contributed by atoms with Crippen LogP contribution in [0.1, 0.15) is 32.3 Å². The van der Waals surface area contributed by atoms with Crippen LogP contribution in [0.3, 0.4) is 0 Å². The highest BCUT2D eigenvalue weighted by molar-refractivity contribution is 5.89. The number of pyridine rings is 1. The van der Waals surface area contributed by atoms with Gasteiger partial charge >= 0.3 is 12.0 Å². The molecule has 2 rings (SSSR count). The van der Waals surface area contributed by atoms with Gasteiger partial charge in [0.15, 0.2) is 0 Å². The van der Waals surface area contributed by atoms with Crippen molar-refractivity contribution in [2.45, 2.75) is 38.8 Å². The Hall–Kier alpha value is -3.09. The lowest BCUT2D eigenvalue weighted by Gasteiger charge is -2.25. The van der Waals surface area contributed by atoms with Crippen LogP contribution in [0, 0.1) is 0 Å². The van der Waals surface area contributed by atoms with Gasteiger partial charge in [0.05, 0.1) is 6.54 Å². The number of benzene rings is 1. The summed E-state index contributed by atoms with van der Waals surface area (Å²) in [5.74, 6) is -0.924. The number of hydrogen-bond donors (Lipinski definition) is 3. The van der Waals surface area contributed by atoms with Crippen molar-refractivity contribution in [3.8, 4) is 0 Å². The number of nitrogens with one attached hydrogen (secondary N) is 2. The number of carboxylic acid groups (broad SMARTS) is 1. The van der Waals surface area contributed by atoms with Crippen molar-refractivity contribution in [2.75, 3.05) is 5.32 Å². The molecule has 0 unspecified atom stereocenters. The molecule has 138 valence electrons. The molecule has 7 heteroatoms. The molecule has 0 saturated heterocycles. The van der Waals surface area contributed by atoms with E-state index < -0.39 is 17.5 Å². The van der Waals surface area contributed by atoms with Crippen LogP contribution in [0.5, 0.6) is 0 Å². The van der Waals surface area contributed by atoms with Crippen LogP contribution in [0.4, 0.5) is 10.5 Å². The van der Waals surface area contributed by atoms with Crippen LogP contribution in [0.15, 0.2) is 53.5 Å². The topological polar surface area (TPSA) is 100 Å². The zero-order valence-corrected chi connectivity index (χ0v) is 14.9. The molecule has 0 atom stereocenters. The molecule has 0 saturated carbocycles. The van der Waals surface area contributed by atoms with Crippen LogP contribution in [0.25, 0.3) is 0 Å². The minimum atomic E-state index is -0.924. The highest BCUT2D eigenvalue weighted by atomic mass is 16.4. The first-order valence-corrected chi connectivity index (χ1v) is 8.31. The molecule has 2 aromatic rings. The number of aliphatic carboxylic acids is 1. The summed E-state index contributed by atoms with van der Waals surface area (Å²) in [5.41, 5.74) is 0.121. The van der Waals surface area contributed by atoms with Crippen molar-refractivity contribution >= 4 is 17.7 Å². The Labute approximate surface area is 151 Å². The largest absolute Gasteiger partial charge is 0.481 e. The minimum Gasteiger partial charge on any atom is -0.481 e. The van der Waals surface area contributed by atoms with Crippen LogP contribution >= 0.6 is 0 Å². The normalized spacial score (nSPS) is 11.0. The van der Waals surface area contributed by atoms with Crippen LogP contribution < -0.4 is 16.2 Å². The molecule has 0 aliphatic carbocycles. The van der Waals surface area contributed by atoms with E-state index in [4.69, 9.17) is 5.11 Å². The van der Waals surface area contributed by atoms with Gasteiger partial charge in [-0.2, -0.15) is 0 Å². The summed E-state index contributed by atoms with van der Waals surface area (Å²) in [6, 6.07) is 12.2. The SMILES string of the molecule is CC(C)(CCC(=O)O)NC(=O)Nc1cccn(Cc2ccccc2)c1=O. The van der Waals surface area contributed by atoms with E-state index in [2.05, 4.69) is 10.6 Å². The monoisotopic (exact) mass is 357 g/mol. The van der Waals surface area contributed by atoms with Crippen LogP contribution in [0.2, 0.25) is 0 Å². The number of hydrogen-bond acceptors (Lipinski definition) is 3. The number of rotatable bonds is 7. The predicted molar refractivity (Wildman–Crippen MR) is 99.3 cm³/mol. The number of anilines is 1. The number of nitrogens with zero attached hydrogens (tertiary/aromatic N) is 1. The molecule has 0 bridgehead atoms. The van der Waals surface area contributed by atoms with E-state index in [-0.39, 0.29) is 24.1 Å². The van der Waals surface area contributed by atoms with Crippen LogP contribution in [-0.2, 0) is 11.3 Å². The van der Waals surface area contributed by atoms with Crippen molar-refractivity contribution in [1.29, 1.82) is 0 Å². The van der Waals surface area contributed by atoms with E-state index in [1.165, 1.54) is 10.6 Å². The molecule has 1 heterocycles. The van der Waals surface area contributed by atoms with Gasteiger partial charge in [0.2, 0.25) is 0 Å². The van der Waals surface area contributed by atoms with Gasteiger partial charge in [-0.15, -0.1) is 0 Å². The van der Waals surface area contributed by atoms with Gasteiger partial charge in [0, 0.05) is 18.2 Å². The second kappa shape index (κ2) is 8.33. The fraction of sp³-hybridized carbons (Fsp3) is 0.316. The number of carbonyl (C=O) groups excluding carboxylic acids is 1. The molecule has 26 heavy (non-hydrogen) atoms. The van der Waals surface area contributed by atoms with E-state index in [0.717, 1.165) is 5.56 Å². The molecule has 2 amide bonds. The molecule has 7 nitrogen and oxygen atoms in total. The molecule has 1 aromatic heterocycles. The second-order valence-corrected chi connectivity index (χ2v) is 6.70. The van der Waals surface area contributed by atoms with Gasteiger partial charge in [-0.05, 0) is 38.0 Å². The number of carboxylic acids is 1. The van der Waals surface area contributed by atoms with Crippen LogP contribution in [-0.4, -0.2) is 27.2 Å². The Morgan fingerprint density at radius 1 is 1.12 bits per heavy atom. The molecule has 0 fully saturated rings. The third kappa shape index (κ3) is 5.77. The molecule has 0 radical (unpaired) electrons. The van der Waals surface area contributed by atoms with E-state index >= 15 is 0 Å². The molecule has 0 spiro atoms. The number of aromatic nitrogens is 1. The lowest BCUT2D eigenvalue weighted by Crippen LogP contribution is -2.46. The summed E-state index contributed by atoms with van der Waals surface area (Å²) < 4.78 is 1.51. The van der Waals surface area contributed by atoms with Gasteiger partial charge in [-0.25, -0.2) is 4.79 Å². The van der Waals surface area contributed by atoms with Gasteiger partial charge in [0.25, 0.3) is 5.56 Å². The van der Waals surface area contributed by atoms with E-state index in [1.54, 1.807) is 26.1 Å². The Bertz CT molecular complexity index is 828. The standard InChI is InChI=1S/C19H23N3O4/c1-19(2,11-10-16(23)24)21-18(26)20-15-9-6-12-22(17(15)25)13-14-7-4-3-5-8-14/h3-9,12H,10-11,13H2,1-2H3,(H,23,24)(H2,20,21,26). The van der Waals surface area contributed by atoms with E-state index in [0.29, 0.717) is 6.54 Å². The Balaban J connectivity index is 2.05. The lowest BCUT2D eigenvalue weighted by atomic mass is 9.99. The van der Waals surface area contributed by atoms with Crippen molar-refractivity contribution in [1.82, 2.24) is 9.88 Å².